The molecule has 4 aliphatic rings. The molecule has 0 spiro atoms. The fourth-order valence-corrected chi connectivity index (χ4v) is 5.22. The van der Waals surface area contributed by atoms with E-state index in [-0.39, 0.29) is 36.5 Å². The van der Waals surface area contributed by atoms with Gasteiger partial charge in [0.1, 0.15) is 18.3 Å². The van der Waals surface area contributed by atoms with E-state index in [0.29, 0.717) is 28.6 Å². The van der Waals surface area contributed by atoms with Gasteiger partial charge in [-0.05, 0) is 49.1 Å². The smallest absolute Gasteiger partial charge is 0.349 e. The normalized spacial score (nSPS) is 21.6. The number of nitrogens with zero attached hydrogens (tertiary/aromatic N) is 3. The van der Waals surface area contributed by atoms with Gasteiger partial charge in [0.2, 0.25) is 6.29 Å². The maximum Gasteiger partial charge on any atom is 0.349 e. The highest BCUT2D eigenvalue weighted by Gasteiger charge is 2.43. The fourth-order valence-electron chi connectivity index (χ4n) is 5.22. The molecule has 15 nitrogen and oxygen atoms in total. The number of aromatic amines is 1. The lowest BCUT2D eigenvalue weighted by molar-refractivity contribution is -0.141. The largest absolute Gasteiger partial charge is 0.472 e. The molecule has 0 aromatic heterocycles. The van der Waals surface area contributed by atoms with Crippen molar-refractivity contribution < 1.29 is 44.9 Å². The van der Waals surface area contributed by atoms with Crippen LogP contribution in [0.5, 0.6) is 0 Å². The highest BCUT2D eigenvalue weighted by molar-refractivity contribution is 5.89. The number of esters is 1. The zero-order valence-corrected chi connectivity index (χ0v) is 23.7. The number of aryl methyl sites for hydroxylation is 2. The average molecular weight is 603 g/mol. The molecule has 1 aliphatic carbocycles. The molecule has 0 radical (unpaired) electrons. The fraction of sp³-hybridized carbons (Fsp3) is 0.464. The van der Waals surface area contributed by atoms with Crippen molar-refractivity contribution in [3.05, 3.63) is 67.6 Å². The van der Waals surface area contributed by atoms with Gasteiger partial charge in [0.05, 0.1) is 55.7 Å². The van der Waals surface area contributed by atoms with E-state index < -0.39 is 48.4 Å². The Bertz CT molecular complexity index is 1650. The quantitative estimate of drug-likeness (QED) is 0.0901. The van der Waals surface area contributed by atoms with Crippen LogP contribution in [0.15, 0.2) is 45.2 Å². The van der Waals surface area contributed by atoms with E-state index in [1.165, 1.54) is 17.9 Å². The first kappa shape index (κ1) is 31.9. The second-order valence-corrected chi connectivity index (χ2v) is 10.4. The molecule has 5 rings (SSSR count). The predicted molar refractivity (Wildman–Crippen MR) is 150 cm³/mol. The number of aliphatic hydroxyl groups is 6. The van der Waals surface area contributed by atoms with E-state index in [4.69, 9.17) is 14.9 Å². The van der Waals surface area contributed by atoms with Gasteiger partial charge in [-0.15, -0.1) is 0 Å². The maximum atomic E-state index is 12.2. The number of hydrogen-bond donors (Lipinski definition) is 7. The van der Waals surface area contributed by atoms with Crippen LogP contribution in [0, 0.1) is 25.7 Å². The van der Waals surface area contributed by atoms with Crippen molar-refractivity contribution in [3.63, 3.8) is 0 Å². The second kappa shape index (κ2) is 13.1. The molecule has 3 aliphatic heterocycles. The van der Waals surface area contributed by atoms with Gasteiger partial charge >= 0.3 is 11.7 Å². The number of allylic oxidation sites excluding steroid dienone is 1. The van der Waals surface area contributed by atoms with E-state index in [0.717, 1.165) is 11.1 Å². The van der Waals surface area contributed by atoms with Crippen LogP contribution in [-0.2, 0) is 20.8 Å². The van der Waals surface area contributed by atoms with Gasteiger partial charge in [-0.3, -0.25) is 9.78 Å². The first-order valence-electron chi connectivity index (χ1n) is 13.4. The Morgan fingerprint density at radius 3 is 2.49 bits per heavy atom. The third-order valence-electron chi connectivity index (χ3n) is 7.71. The van der Waals surface area contributed by atoms with Gasteiger partial charge in [-0.2, -0.15) is 4.98 Å². The van der Waals surface area contributed by atoms with E-state index in [1.54, 1.807) is 12.1 Å². The molecule has 0 saturated carbocycles. The molecule has 1 aromatic carbocycles. The first-order valence-corrected chi connectivity index (χ1v) is 13.4. The lowest BCUT2D eigenvalue weighted by Crippen LogP contribution is -2.42. The molecule has 0 bridgehead atoms. The van der Waals surface area contributed by atoms with E-state index in [1.807, 2.05) is 19.9 Å². The Morgan fingerprint density at radius 1 is 1.14 bits per heavy atom. The summed E-state index contributed by atoms with van der Waals surface area (Å²) in [6.07, 6.45) is -1.97. The number of H-pyrrole nitrogens is 1. The van der Waals surface area contributed by atoms with Gasteiger partial charge in [0.15, 0.2) is 11.5 Å². The van der Waals surface area contributed by atoms with Crippen molar-refractivity contribution in [2.75, 3.05) is 20.3 Å². The molecular formula is C28H34N4O11. The van der Waals surface area contributed by atoms with E-state index in [9.17, 15) is 34.8 Å². The van der Waals surface area contributed by atoms with Gasteiger partial charge < -0.3 is 44.7 Å². The Morgan fingerprint density at radius 2 is 1.84 bits per heavy atom. The summed E-state index contributed by atoms with van der Waals surface area (Å²) in [7, 11) is 1.30. The monoisotopic (exact) mass is 602 g/mol. The third kappa shape index (κ3) is 6.36. The third-order valence-corrected chi connectivity index (χ3v) is 7.71. The zero-order valence-electron chi connectivity index (χ0n) is 23.7. The number of carbonyl (C=O) groups excluding carboxylic acids is 1. The standard InChI is InChI=1S/C17H20N4O6.C11H14O5/c1-7-3-9-10(4-8(7)2)21(5-11(23)14(25)12(24)6-22)15-13(18-9)16(26)20-17(27)19-15;1-15-10(13)8-5-16-11(14)9-6(4-12)2-3-7(8)9/h3-4,11-12,14,22-25H,5-6H2,1-2H3,(H,20,26,27);2,5,7,9,11-12,14H,3-4H2,1H3/t11-,12+,14-;7-,9-,11-/m01/s1. The van der Waals surface area contributed by atoms with Crippen LogP contribution in [0.1, 0.15) is 17.5 Å². The highest BCUT2D eigenvalue weighted by atomic mass is 16.6. The van der Waals surface area contributed by atoms with Gasteiger partial charge in [-0.1, -0.05) is 6.08 Å². The topological polar surface area (TPSA) is 238 Å². The number of hydrogen-bond acceptors (Lipinski definition) is 13. The molecule has 232 valence electrons. The number of aromatic nitrogens is 4. The van der Waals surface area contributed by atoms with Crippen molar-refractivity contribution >= 4 is 17.0 Å². The molecule has 0 saturated heterocycles. The molecule has 6 atom stereocenters. The number of methoxy groups -OCH3 is 1. The van der Waals surface area contributed by atoms with Crippen molar-refractivity contribution in [1.29, 1.82) is 0 Å². The van der Waals surface area contributed by atoms with Crippen LogP contribution < -0.4 is 11.2 Å². The summed E-state index contributed by atoms with van der Waals surface area (Å²) in [6.45, 7) is 2.60. The average Bonchev–Trinajstić information content (AvgIpc) is 3.43. The minimum Gasteiger partial charge on any atom is -0.472 e. The summed E-state index contributed by atoms with van der Waals surface area (Å²) in [6, 6.07) is 3.53. The Hall–Kier alpha value is -3.99. The summed E-state index contributed by atoms with van der Waals surface area (Å²) in [5.74, 6) is -0.999. The Kier molecular flexibility index (Phi) is 9.74. The number of rotatable bonds is 7. The van der Waals surface area contributed by atoms with Crippen molar-refractivity contribution in [3.8, 4) is 11.5 Å². The number of fused-ring (bicyclic) bond motifs is 3. The van der Waals surface area contributed by atoms with Crippen LogP contribution >= 0.6 is 0 Å². The van der Waals surface area contributed by atoms with Crippen LogP contribution in [-0.4, -0.2) is 101 Å². The molecular weight excluding hydrogens is 568 g/mol. The highest BCUT2D eigenvalue weighted by Crippen LogP contribution is 2.42. The van der Waals surface area contributed by atoms with Crippen molar-refractivity contribution in [2.24, 2.45) is 11.8 Å². The van der Waals surface area contributed by atoms with Crippen LogP contribution in [0.4, 0.5) is 0 Å². The summed E-state index contributed by atoms with van der Waals surface area (Å²) in [5.41, 5.74) is 2.24. The van der Waals surface area contributed by atoms with E-state index >= 15 is 0 Å². The molecule has 43 heavy (non-hydrogen) atoms. The molecule has 15 heteroatoms. The number of nitrogens with one attached hydrogen (secondary N) is 1. The van der Waals surface area contributed by atoms with Crippen LogP contribution in [0.3, 0.4) is 0 Å². The zero-order chi connectivity index (χ0) is 31.6. The number of benzene rings is 1. The predicted octanol–water partition coefficient (Wildman–Crippen LogP) is -1.78. The first-order chi connectivity index (χ1) is 20.4. The van der Waals surface area contributed by atoms with Crippen LogP contribution in [0.2, 0.25) is 0 Å². The number of aliphatic hydroxyl groups excluding tert-OH is 6. The summed E-state index contributed by atoms with van der Waals surface area (Å²) in [5, 5.41) is 57.6. The van der Waals surface area contributed by atoms with Crippen molar-refractivity contribution in [1.82, 2.24) is 19.5 Å². The summed E-state index contributed by atoms with van der Waals surface area (Å²) in [4.78, 5) is 45.5. The van der Waals surface area contributed by atoms with E-state index in [2.05, 4.69) is 19.7 Å². The van der Waals surface area contributed by atoms with Gasteiger partial charge in [0, 0.05) is 5.92 Å². The lowest BCUT2D eigenvalue weighted by Gasteiger charge is -2.31. The lowest BCUT2D eigenvalue weighted by atomic mass is 9.83. The van der Waals surface area contributed by atoms with Crippen molar-refractivity contribution in [2.45, 2.75) is 51.4 Å². The molecule has 3 heterocycles. The summed E-state index contributed by atoms with van der Waals surface area (Å²) >= 11 is 0. The molecule has 1 aromatic rings. The number of ether oxygens (including phenoxy) is 2. The molecule has 0 unspecified atom stereocenters. The number of carbonyl (C=O) groups is 1. The maximum absolute atomic E-state index is 12.2. The molecule has 0 fully saturated rings. The molecule has 7 N–H and O–H groups in total. The molecule has 0 amide bonds. The summed E-state index contributed by atoms with van der Waals surface area (Å²) < 4.78 is 11.0. The van der Waals surface area contributed by atoms with Crippen LogP contribution in [0.25, 0.3) is 22.6 Å². The SMILES string of the molecule is COC(=O)C1=CO[C@@H](O)[C@@H]2C(CO)=CC[C@H]12.Cc1cc2nc3c(=O)[nH]c(=O)nc-3n(C[C@H](O)[C@H](O)[C@H](O)CO)c2cc1C. The van der Waals surface area contributed by atoms with Gasteiger partial charge in [-0.25, -0.2) is 14.6 Å². The second-order valence-electron chi connectivity index (χ2n) is 10.4. The van der Waals surface area contributed by atoms with Gasteiger partial charge in [0.25, 0.3) is 5.56 Å². The Labute approximate surface area is 244 Å². The minimum atomic E-state index is -1.64. The Balaban J connectivity index is 0.000000225. The minimum absolute atomic E-state index is 0.0516.